The van der Waals surface area contributed by atoms with Crippen LogP contribution in [0.25, 0.3) is 0 Å². The highest BCUT2D eigenvalue weighted by Gasteiger charge is 2.16. The lowest BCUT2D eigenvalue weighted by Gasteiger charge is -2.08. The monoisotopic (exact) mass is 295 g/mol. The lowest BCUT2D eigenvalue weighted by Crippen LogP contribution is -2.37. The van der Waals surface area contributed by atoms with Crippen molar-refractivity contribution in [3.63, 3.8) is 0 Å². The van der Waals surface area contributed by atoms with E-state index in [0.717, 1.165) is 0 Å². The average molecular weight is 295 g/mol. The summed E-state index contributed by atoms with van der Waals surface area (Å²) in [5.41, 5.74) is 5.23. The number of carbonyl (C=O) groups excluding carboxylic acids is 2. The second-order valence-corrected chi connectivity index (χ2v) is 4.07. The van der Waals surface area contributed by atoms with E-state index in [1.165, 1.54) is 18.2 Å². The number of rotatable bonds is 7. The molecule has 1 aromatic rings. The van der Waals surface area contributed by atoms with Gasteiger partial charge in [0.05, 0.1) is 4.92 Å². The van der Waals surface area contributed by atoms with Gasteiger partial charge in [-0.2, -0.15) is 0 Å². The lowest BCUT2D eigenvalue weighted by atomic mass is 10.1. The summed E-state index contributed by atoms with van der Waals surface area (Å²) < 4.78 is 0. The van der Waals surface area contributed by atoms with Gasteiger partial charge in [-0.3, -0.25) is 14.9 Å². The third kappa shape index (κ3) is 4.97. The molecule has 114 valence electrons. The minimum atomic E-state index is -0.685. The molecule has 0 aliphatic rings. The van der Waals surface area contributed by atoms with E-state index < -0.39 is 16.9 Å². The summed E-state index contributed by atoms with van der Waals surface area (Å²) in [4.78, 5) is 32.7. The molecule has 0 aromatic heterocycles. The second-order valence-electron chi connectivity index (χ2n) is 4.07. The Morgan fingerprint density at radius 2 is 1.95 bits per heavy atom. The van der Waals surface area contributed by atoms with Crippen LogP contribution in [0.5, 0.6) is 0 Å². The molecule has 9 nitrogen and oxygen atoms in total. The Balaban J connectivity index is 2.74. The molecule has 1 aromatic carbocycles. The number of nitrogens with two attached hydrogens (primary N) is 1. The molecule has 0 bridgehead atoms. The number of anilines is 1. The van der Waals surface area contributed by atoms with Gasteiger partial charge in [0, 0.05) is 31.3 Å². The number of nitro groups is 1. The molecule has 0 heterocycles. The summed E-state index contributed by atoms with van der Waals surface area (Å²) in [6.45, 7) is 2.70. The molecule has 0 atom stereocenters. The number of primary amides is 1. The van der Waals surface area contributed by atoms with E-state index in [2.05, 4.69) is 16.0 Å². The number of amides is 3. The fraction of sp³-hybridized carbons (Fsp3) is 0.333. The van der Waals surface area contributed by atoms with Gasteiger partial charge in [-0.25, -0.2) is 4.79 Å². The highest BCUT2D eigenvalue weighted by atomic mass is 16.6. The van der Waals surface area contributed by atoms with Crippen LogP contribution < -0.4 is 21.7 Å². The van der Waals surface area contributed by atoms with Gasteiger partial charge in [-0.15, -0.1) is 0 Å². The Morgan fingerprint density at radius 3 is 2.52 bits per heavy atom. The largest absolute Gasteiger partial charge is 0.380 e. The topological polar surface area (TPSA) is 139 Å². The molecule has 0 unspecified atom stereocenters. The second kappa shape index (κ2) is 7.68. The Bertz CT molecular complexity index is 546. The smallest absolute Gasteiger partial charge is 0.312 e. The number of hydrogen-bond acceptors (Lipinski definition) is 5. The average Bonchev–Trinajstić information content (AvgIpc) is 2.43. The van der Waals surface area contributed by atoms with E-state index in [1.807, 2.05) is 6.92 Å². The number of nitro benzene ring substituents is 1. The van der Waals surface area contributed by atoms with E-state index in [4.69, 9.17) is 5.73 Å². The Labute approximate surface area is 121 Å². The molecule has 0 aliphatic heterocycles. The summed E-state index contributed by atoms with van der Waals surface area (Å²) in [5, 5.41) is 18.7. The van der Waals surface area contributed by atoms with E-state index in [0.29, 0.717) is 12.2 Å². The molecule has 1 rings (SSSR count). The van der Waals surface area contributed by atoms with Crippen molar-refractivity contribution < 1.29 is 14.5 Å². The SMILES string of the molecule is CCNc1ccc(C(=O)NCCNC(N)=O)cc1[N+](=O)[O-]. The van der Waals surface area contributed by atoms with Gasteiger partial charge in [0.1, 0.15) is 5.69 Å². The van der Waals surface area contributed by atoms with Crippen molar-refractivity contribution in [1.82, 2.24) is 10.6 Å². The molecule has 0 aliphatic carbocycles. The number of hydrogen-bond donors (Lipinski definition) is 4. The first-order valence-corrected chi connectivity index (χ1v) is 6.29. The molecule has 0 fully saturated rings. The van der Waals surface area contributed by atoms with Gasteiger partial charge in [0.15, 0.2) is 0 Å². The van der Waals surface area contributed by atoms with Gasteiger partial charge in [0.2, 0.25) is 0 Å². The van der Waals surface area contributed by atoms with Crippen molar-refractivity contribution in [1.29, 1.82) is 0 Å². The molecule has 0 spiro atoms. The van der Waals surface area contributed by atoms with E-state index in [1.54, 1.807) is 0 Å². The van der Waals surface area contributed by atoms with Crippen LogP contribution in [0.15, 0.2) is 18.2 Å². The van der Waals surface area contributed by atoms with Crippen LogP contribution in [0.3, 0.4) is 0 Å². The molecule has 0 saturated carbocycles. The van der Waals surface area contributed by atoms with Gasteiger partial charge in [-0.1, -0.05) is 0 Å². The molecular formula is C12H17N5O4. The van der Waals surface area contributed by atoms with Gasteiger partial charge < -0.3 is 21.7 Å². The standard InChI is InChI=1S/C12H17N5O4/c1-2-14-9-4-3-8(7-10(9)17(20)21)11(18)15-5-6-16-12(13)19/h3-4,7,14H,2,5-6H2,1H3,(H,15,18)(H3,13,16,19). The van der Waals surface area contributed by atoms with Gasteiger partial charge >= 0.3 is 6.03 Å². The third-order valence-electron chi connectivity index (χ3n) is 2.53. The highest BCUT2D eigenvalue weighted by molar-refractivity contribution is 5.95. The highest BCUT2D eigenvalue weighted by Crippen LogP contribution is 2.25. The molecule has 5 N–H and O–H groups in total. The zero-order valence-electron chi connectivity index (χ0n) is 11.5. The molecule has 0 radical (unpaired) electrons. The minimum Gasteiger partial charge on any atom is -0.380 e. The third-order valence-corrected chi connectivity index (χ3v) is 2.53. The predicted molar refractivity (Wildman–Crippen MR) is 77.2 cm³/mol. The molecule has 21 heavy (non-hydrogen) atoms. The number of nitrogens with one attached hydrogen (secondary N) is 3. The first-order valence-electron chi connectivity index (χ1n) is 6.29. The van der Waals surface area contributed by atoms with Crippen LogP contribution in [0.2, 0.25) is 0 Å². The molecule has 3 amide bonds. The number of nitrogens with zero attached hydrogens (tertiary/aromatic N) is 1. The molecule has 9 heteroatoms. The van der Waals surface area contributed by atoms with Crippen molar-refractivity contribution in [2.45, 2.75) is 6.92 Å². The van der Waals surface area contributed by atoms with Gasteiger partial charge in [0.25, 0.3) is 11.6 Å². The summed E-state index contributed by atoms with van der Waals surface area (Å²) in [7, 11) is 0. The minimum absolute atomic E-state index is 0.167. The molecule has 0 saturated heterocycles. The van der Waals surface area contributed by atoms with Gasteiger partial charge in [-0.05, 0) is 19.1 Å². The Hall–Kier alpha value is -2.84. The zero-order valence-corrected chi connectivity index (χ0v) is 11.5. The van der Waals surface area contributed by atoms with Crippen molar-refractivity contribution in [3.8, 4) is 0 Å². The summed E-state index contributed by atoms with van der Waals surface area (Å²) in [6, 6.07) is 3.49. The van der Waals surface area contributed by atoms with Crippen LogP contribution in [0.1, 0.15) is 17.3 Å². The number of urea groups is 1. The summed E-state index contributed by atoms with van der Waals surface area (Å²) in [5.74, 6) is -0.465. The van der Waals surface area contributed by atoms with Crippen LogP contribution in [0.4, 0.5) is 16.2 Å². The van der Waals surface area contributed by atoms with Crippen LogP contribution in [-0.2, 0) is 0 Å². The van der Waals surface area contributed by atoms with Crippen molar-refractivity contribution in [2.24, 2.45) is 5.73 Å². The maximum absolute atomic E-state index is 11.8. The van der Waals surface area contributed by atoms with Crippen LogP contribution in [0, 0.1) is 10.1 Å². The Morgan fingerprint density at radius 1 is 1.29 bits per heavy atom. The predicted octanol–water partition coefficient (Wildman–Crippen LogP) is 0.425. The van der Waals surface area contributed by atoms with Crippen molar-refractivity contribution >= 4 is 23.3 Å². The van der Waals surface area contributed by atoms with Crippen LogP contribution in [-0.4, -0.2) is 36.5 Å². The quantitative estimate of drug-likeness (QED) is 0.328. The maximum Gasteiger partial charge on any atom is 0.312 e. The normalized spacial score (nSPS) is 9.76. The lowest BCUT2D eigenvalue weighted by molar-refractivity contribution is -0.384. The maximum atomic E-state index is 11.8. The molecular weight excluding hydrogens is 278 g/mol. The van der Waals surface area contributed by atoms with E-state index >= 15 is 0 Å². The van der Waals surface area contributed by atoms with Crippen molar-refractivity contribution in [3.05, 3.63) is 33.9 Å². The van der Waals surface area contributed by atoms with E-state index in [-0.39, 0.29) is 24.3 Å². The number of benzene rings is 1. The summed E-state index contributed by atoms with van der Waals surface area (Å²) >= 11 is 0. The van der Waals surface area contributed by atoms with Crippen molar-refractivity contribution in [2.75, 3.05) is 25.0 Å². The van der Waals surface area contributed by atoms with E-state index in [9.17, 15) is 19.7 Å². The first-order chi connectivity index (χ1) is 9.95. The fourth-order valence-corrected chi connectivity index (χ4v) is 1.63. The number of carbonyl (C=O) groups is 2. The zero-order chi connectivity index (χ0) is 15.8. The van der Waals surface area contributed by atoms with Crippen LogP contribution >= 0.6 is 0 Å². The first kappa shape index (κ1) is 16.2. The Kier molecular flexibility index (Phi) is 5.93. The summed E-state index contributed by atoms with van der Waals surface area (Å²) in [6.07, 6.45) is 0. The fourth-order valence-electron chi connectivity index (χ4n) is 1.63.